The summed E-state index contributed by atoms with van der Waals surface area (Å²) in [6, 6.07) is 0. The average Bonchev–Trinajstić information content (AvgIpc) is 3.44. The van der Waals surface area contributed by atoms with Gasteiger partial charge in [0.2, 0.25) is 0 Å². The van der Waals surface area contributed by atoms with Crippen molar-refractivity contribution >= 4 is 0 Å². The Bertz CT molecular complexity index is 840. The average molecular weight is 369 g/mol. The van der Waals surface area contributed by atoms with Gasteiger partial charge in [0.15, 0.2) is 5.82 Å². The van der Waals surface area contributed by atoms with Crippen molar-refractivity contribution in [3.8, 4) is 0 Å². The Morgan fingerprint density at radius 2 is 1.85 bits per heavy atom. The van der Waals surface area contributed by atoms with Crippen LogP contribution < -0.4 is 0 Å². The molecular weight excluding hydrogens is 342 g/mol. The van der Waals surface area contributed by atoms with E-state index >= 15 is 0 Å². The van der Waals surface area contributed by atoms with Gasteiger partial charge in [-0.1, -0.05) is 0 Å². The smallest absolute Gasteiger partial charge is 0.154 e. The van der Waals surface area contributed by atoms with Crippen LogP contribution in [0.5, 0.6) is 0 Å². The van der Waals surface area contributed by atoms with E-state index in [4.69, 9.17) is 0 Å². The number of nitrogens with zero attached hydrogens (tertiary/aromatic N) is 9. The molecule has 0 aliphatic carbocycles. The Labute approximate surface area is 159 Å². The van der Waals surface area contributed by atoms with E-state index in [-0.39, 0.29) is 0 Å². The van der Waals surface area contributed by atoms with Gasteiger partial charge in [0.05, 0.1) is 6.20 Å². The standard InChI is InChI=1S/C18H27N9/c1-3-25-11-15(9-20-25)10-24-7-5-16(6-8-24)18-23-22-17(27(18)4-2)12-26-14-19-13-21-26/h9,11,13-14,16H,3-8,10,12H2,1-2H3. The lowest BCUT2D eigenvalue weighted by atomic mass is 9.95. The highest BCUT2D eigenvalue weighted by atomic mass is 15.4. The maximum atomic E-state index is 4.53. The van der Waals surface area contributed by atoms with Crippen LogP contribution in [-0.4, -0.2) is 57.3 Å². The third-order valence-electron chi connectivity index (χ3n) is 5.31. The number of aryl methyl sites for hydroxylation is 1. The summed E-state index contributed by atoms with van der Waals surface area (Å²) in [5.74, 6) is 2.54. The van der Waals surface area contributed by atoms with Crippen molar-refractivity contribution in [2.24, 2.45) is 0 Å². The van der Waals surface area contributed by atoms with Gasteiger partial charge in [0, 0.05) is 37.3 Å². The molecule has 1 aliphatic heterocycles. The van der Waals surface area contributed by atoms with Crippen LogP contribution in [0.3, 0.4) is 0 Å². The van der Waals surface area contributed by atoms with E-state index in [1.54, 1.807) is 17.3 Å². The van der Waals surface area contributed by atoms with Crippen molar-refractivity contribution in [1.82, 2.24) is 44.2 Å². The van der Waals surface area contributed by atoms with Crippen molar-refractivity contribution in [1.29, 1.82) is 0 Å². The van der Waals surface area contributed by atoms with Gasteiger partial charge < -0.3 is 4.57 Å². The predicted octanol–water partition coefficient (Wildman–Crippen LogP) is 1.53. The lowest BCUT2D eigenvalue weighted by molar-refractivity contribution is 0.200. The van der Waals surface area contributed by atoms with E-state index in [0.29, 0.717) is 12.5 Å². The third kappa shape index (κ3) is 3.92. The van der Waals surface area contributed by atoms with Gasteiger partial charge in [0.25, 0.3) is 0 Å². The van der Waals surface area contributed by atoms with E-state index in [0.717, 1.165) is 57.2 Å². The fourth-order valence-electron chi connectivity index (χ4n) is 3.84. The van der Waals surface area contributed by atoms with Crippen LogP contribution in [0.15, 0.2) is 25.0 Å². The van der Waals surface area contributed by atoms with Crippen LogP contribution in [0.4, 0.5) is 0 Å². The lowest BCUT2D eigenvalue weighted by Crippen LogP contribution is -2.33. The van der Waals surface area contributed by atoms with Crippen molar-refractivity contribution in [2.75, 3.05) is 13.1 Å². The van der Waals surface area contributed by atoms with Crippen LogP contribution in [0.2, 0.25) is 0 Å². The number of likely N-dealkylation sites (tertiary alicyclic amines) is 1. The zero-order chi connectivity index (χ0) is 18.6. The summed E-state index contributed by atoms with van der Waals surface area (Å²) in [6.45, 7) is 9.82. The molecule has 0 saturated carbocycles. The monoisotopic (exact) mass is 369 g/mol. The number of piperidine rings is 1. The van der Waals surface area contributed by atoms with Gasteiger partial charge in [-0.2, -0.15) is 10.2 Å². The Balaban J connectivity index is 1.38. The van der Waals surface area contributed by atoms with Crippen LogP contribution >= 0.6 is 0 Å². The summed E-state index contributed by atoms with van der Waals surface area (Å²) in [5, 5.41) is 17.5. The van der Waals surface area contributed by atoms with E-state index in [9.17, 15) is 0 Å². The second kappa shape index (κ2) is 7.99. The van der Waals surface area contributed by atoms with Crippen molar-refractivity contribution in [2.45, 2.75) is 58.8 Å². The minimum absolute atomic E-state index is 0.469. The molecule has 9 heteroatoms. The van der Waals surface area contributed by atoms with Crippen molar-refractivity contribution in [3.63, 3.8) is 0 Å². The van der Waals surface area contributed by atoms with E-state index in [1.807, 2.05) is 10.9 Å². The Morgan fingerprint density at radius 3 is 2.52 bits per heavy atom. The molecule has 9 nitrogen and oxygen atoms in total. The minimum Gasteiger partial charge on any atom is -0.313 e. The quantitative estimate of drug-likeness (QED) is 0.628. The molecule has 3 aromatic rings. The van der Waals surface area contributed by atoms with Gasteiger partial charge in [-0.3, -0.25) is 9.58 Å². The molecule has 0 bridgehead atoms. The molecule has 0 amide bonds. The first kappa shape index (κ1) is 17.8. The normalized spacial score (nSPS) is 16.2. The molecule has 0 radical (unpaired) electrons. The Morgan fingerprint density at radius 1 is 1.00 bits per heavy atom. The summed E-state index contributed by atoms with van der Waals surface area (Å²) in [5.41, 5.74) is 1.29. The molecule has 0 atom stereocenters. The van der Waals surface area contributed by atoms with E-state index in [1.165, 1.54) is 5.56 Å². The molecule has 0 aromatic carbocycles. The van der Waals surface area contributed by atoms with Gasteiger partial charge in [-0.05, 0) is 39.8 Å². The van der Waals surface area contributed by atoms with Crippen LogP contribution in [0.1, 0.15) is 49.8 Å². The second-order valence-electron chi connectivity index (χ2n) is 7.07. The fourth-order valence-corrected chi connectivity index (χ4v) is 3.84. The molecule has 1 saturated heterocycles. The predicted molar refractivity (Wildman–Crippen MR) is 100.0 cm³/mol. The molecule has 1 fully saturated rings. The molecule has 3 aromatic heterocycles. The number of hydrogen-bond acceptors (Lipinski definition) is 6. The summed E-state index contributed by atoms with van der Waals surface area (Å²) >= 11 is 0. The Hall–Kier alpha value is -2.55. The maximum Gasteiger partial charge on any atom is 0.154 e. The molecule has 4 heterocycles. The fraction of sp³-hybridized carbons (Fsp3) is 0.611. The summed E-state index contributed by atoms with van der Waals surface area (Å²) in [7, 11) is 0. The summed E-state index contributed by atoms with van der Waals surface area (Å²) in [6.07, 6.45) is 9.63. The van der Waals surface area contributed by atoms with E-state index < -0.39 is 0 Å². The van der Waals surface area contributed by atoms with Crippen LogP contribution in [0, 0.1) is 0 Å². The molecule has 0 spiro atoms. The van der Waals surface area contributed by atoms with Crippen molar-refractivity contribution < 1.29 is 0 Å². The summed E-state index contributed by atoms with van der Waals surface area (Å²) in [4.78, 5) is 6.51. The topological polar surface area (TPSA) is 82.5 Å². The van der Waals surface area contributed by atoms with Gasteiger partial charge in [-0.25, -0.2) is 9.67 Å². The largest absolute Gasteiger partial charge is 0.313 e. The molecule has 0 N–H and O–H groups in total. The molecule has 0 unspecified atom stereocenters. The highest BCUT2D eigenvalue weighted by Gasteiger charge is 2.26. The zero-order valence-electron chi connectivity index (χ0n) is 16.1. The Kier molecular flexibility index (Phi) is 5.28. The zero-order valence-corrected chi connectivity index (χ0v) is 16.1. The van der Waals surface area contributed by atoms with Crippen LogP contribution in [0.25, 0.3) is 0 Å². The first-order chi connectivity index (χ1) is 13.3. The van der Waals surface area contributed by atoms with Crippen molar-refractivity contribution in [3.05, 3.63) is 42.3 Å². The highest BCUT2D eigenvalue weighted by Crippen LogP contribution is 2.28. The SMILES string of the molecule is CCn1cc(CN2CCC(c3nnc(Cn4cncn4)n3CC)CC2)cn1. The summed E-state index contributed by atoms with van der Waals surface area (Å²) < 4.78 is 6.02. The molecule has 4 rings (SSSR count). The van der Waals surface area contributed by atoms with Gasteiger partial charge in [-0.15, -0.1) is 10.2 Å². The molecular formula is C18H27N9. The lowest BCUT2D eigenvalue weighted by Gasteiger charge is -2.31. The minimum atomic E-state index is 0.469. The maximum absolute atomic E-state index is 4.53. The molecule has 27 heavy (non-hydrogen) atoms. The number of hydrogen-bond donors (Lipinski definition) is 0. The highest BCUT2D eigenvalue weighted by molar-refractivity contribution is 5.07. The first-order valence-corrected chi connectivity index (χ1v) is 9.74. The van der Waals surface area contributed by atoms with Gasteiger partial charge in [0.1, 0.15) is 25.0 Å². The van der Waals surface area contributed by atoms with E-state index in [2.05, 4.69) is 54.9 Å². The first-order valence-electron chi connectivity index (χ1n) is 9.74. The van der Waals surface area contributed by atoms with Gasteiger partial charge >= 0.3 is 0 Å². The molecule has 1 aliphatic rings. The third-order valence-corrected chi connectivity index (χ3v) is 5.31. The number of rotatable bonds is 7. The number of aromatic nitrogens is 8. The second-order valence-corrected chi connectivity index (χ2v) is 7.07. The molecule has 144 valence electrons. The van der Waals surface area contributed by atoms with Crippen LogP contribution in [-0.2, 0) is 26.2 Å².